The summed E-state index contributed by atoms with van der Waals surface area (Å²) in [4.78, 5) is 30.7. The molecule has 4 heterocycles. The molecule has 1 aliphatic rings. The Morgan fingerprint density at radius 2 is 2.03 bits per heavy atom. The molecule has 3 aromatic heterocycles. The van der Waals surface area contributed by atoms with E-state index in [2.05, 4.69) is 16.0 Å². The first-order valence-electron chi connectivity index (χ1n) is 9.87. The summed E-state index contributed by atoms with van der Waals surface area (Å²) >= 11 is 0. The maximum Gasteiger partial charge on any atom is 0.341 e. The highest BCUT2D eigenvalue weighted by molar-refractivity contribution is 5.88. The average molecular weight is 402 g/mol. The van der Waals surface area contributed by atoms with Crippen LogP contribution in [0.1, 0.15) is 40.0 Å². The minimum atomic E-state index is -1.23. The van der Waals surface area contributed by atoms with Gasteiger partial charge in [0.15, 0.2) is 0 Å². The van der Waals surface area contributed by atoms with E-state index in [0.717, 1.165) is 16.8 Å². The van der Waals surface area contributed by atoms with Crippen LogP contribution in [0.4, 0.5) is 0 Å². The number of aromatic carboxylic acids is 1. The van der Waals surface area contributed by atoms with E-state index in [1.54, 1.807) is 18.5 Å². The minimum absolute atomic E-state index is 0.235. The van der Waals surface area contributed by atoms with Gasteiger partial charge in [-0.2, -0.15) is 5.26 Å². The molecule has 30 heavy (non-hydrogen) atoms. The van der Waals surface area contributed by atoms with Crippen molar-refractivity contribution in [3.8, 4) is 6.07 Å². The van der Waals surface area contributed by atoms with Gasteiger partial charge in [0, 0.05) is 32.0 Å². The number of likely N-dealkylation sites (tertiary alicyclic amines) is 1. The Hall–Kier alpha value is -3.50. The summed E-state index contributed by atoms with van der Waals surface area (Å²) in [6.07, 6.45) is 4.62. The maximum atomic E-state index is 12.5. The number of nitrogens with zero attached hydrogens (tertiary/aromatic N) is 4. The van der Waals surface area contributed by atoms with Crippen LogP contribution in [0.3, 0.4) is 0 Å². The highest BCUT2D eigenvalue weighted by atomic mass is 16.4. The Bertz CT molecular complexity index is 1220. The predicted octanol–water partition coefficient (Wildman–Crippen LogP) is 2.76. The minimum Gasteiger partial charge on any atom is -0.477 e. The van der Waals surface area contributed by atoms with E-state index < -0.39 is 16.9 Å². The Morgan fingerprint density at radius 1 is 1.27 bits per heavy atom. The van der Waals surface area contributed by atoms with Crippen LogP contribution in [0.25, 0.3) is 5.52 Å². The maximum absolute atomic E-state index is 12.5. The number of nitriles is 1. The molecule has 0 aliphatic carbocycles. The molecule has 7 heteroatoms. The molecule has 0 aromatic carbocycles. The number of fused-ring (bicyclic) bond motifs is 1. The van der Waals surface area contributed by atoms with E-state index in [1.807, 2.05) is 31.2 Å². The largest absolute Gasteiger partial charge is 0.477 e. The molecule has 0 unspecified atom stereocenters. The first-order chi connectivity index (χ1) is 14.4. The molecule has 7 nitrogen and oxygen atoms in total. The van der Waals surface area contributed by atoms with Gasteiger partial charge in [-0.05, 0) is 55.2 Å². The third-order valence-electron chi connectivity index (χ3n) is 5.97. The van der Waals surface area contributed by atoms with Gasteiger partial charge in [-0.3, -0.25) is 19.1 Å². The lowest BCUT2D eigenvalue weighted by molar-refractivity contribution is 0.0694. The molecule has 0 spiro atoms. The summed E-state index contributed by atoms with van der Waals surface area (Å²) in [5, 5.41) is 19.4. The van der Waals surface area contributed by atoms with E-state index in [-0.39, 0.29) is 5.56 Å². The first-order valence-corrected chi connectivity index (χ1v) is 9.87. The highest BCUT2D eigenvalue weighted by Crippen LogP contribution is 2.36. The van der Waals surface area contributed by atoms with Crippen LogP contribution in [-0.4, -0.2) is 38.4 Å². The molecule has 0 saturated carbocycles. The summed E-state index contributed by atoms with van der Waals surface area (Å²) in [6, 6.07) is 13.2. The lowest BCUT2D eigenvalue weighted by Gasteiger charge is -2.37. The fourth-order valence-electron chi connectivity index (χ4n) is 4.32. The second-order valence-electron chi connectivity index (χ2n) is 7.79. The lowest BCUT2D eigenvalue weighted by Crippen LogP contribution is -2.42. The van der Waals surface area contributed by atoms with Crippen LogP contribution in [-0.2, 0) is 12.0 Å². The number of aromatic nitrogens is 2. The number of aryl methyl sites for hydroxylation is 1. The quantitative estimate of drug-likeness (QED) is 0.720. The molecular formula is C23H22N4O3. The monoisotopic (exact) mass is 402 g/mol. The van der Waals surface area contributed by atoms with Crippen molar-refractivity contribution in [1.29, 1.82) is 5.26 Å². The first kappa shape index (κ1) is 19.8. The summed E-state index contributed by atoms with van der Waals surface area (Å²) < 4.78 is 1.39. The molecule has 0 radical (unpaired) electrons. The molecular weight excluding hydrogens is 380 g/mol. The Labute approximate surface area is 173 Å². The average Bonchev–Trinajstić information content (AvgIpc) is 2.76. The number of rotatable bonds is 4. The zero-order valence-corrected chi connectivity index (χ0v) is 16.7. The molecule has 0 atom stereocenters. The van der Waals surface area contributed by atoms with E-state index in [9.17, 15) is 20.0 Å². The second-order valence-corrected chi connectivity index (χ2v) is 7.79. The van der Waals surface area contributed by atoms with Gasteiger partial charge in [0.05, 0.1) is 17.3 Å². The summed E-state index contributed by atoms with van der Waals surface area (Å²) in [7, 11) is 0. The summed E-state index contributed by atoms with van der Waals surface area (Å²) in [5.41, 5.74) is 1.97. The molecule has 1 saturated heterocycles. The van der Waals surface area contributed by atoms with E-state index >= 15 is 0 Å². The van der Waals surface area contributed by atoms with Gasteiger partial charge in [0.1, 0.15) is 11.0 Å². The van der Waals surface area contributed by atoms with Crippen molar-refractivity contribution in [1.82, 2.24) is 14.3 Å². The van der Waals surface area contributed by atoms with E-state index in [0.29, 0.717) is 38.0 Å². The van der Waals surface area contributed by atoms with Crippen molar-refractivity contribution in [3.05, 3.63) is 81.5 Å². The zero-order valence-electron chi connectivity index (χ0n) is 16.7. The summed E-state index contributed by atoms with van der Waals surface area (Å²) in [6.45, 7) is 3.86. The zero-order chi connectivity index (χ0) is 21.3. The topological polar surface area (TPSA) is 98.7 Å². The molecule has 0 bridgehead atoms. The molecule has 3 aromatic rings. The molecule has 1 fully saturated rings. The van der Waals surface area contributed by atoms with Crippen LogP contribution in [0.15, 0.2) is 53.6 Å². The van der Waals surface area contributed by atoms with E-state index in [1.165, 1.54) is 10.5 Å². The lowest BCUT2D eigenvalue weighted by atomic mass is 9.75. The third-order valence-corrected chi connectivity index (χ3v) is 5.97. The second kappa shape index (κ2) is 7.73. The van der Waals surface area contributed by atoms with Crippen molar-refractivity contribution in [3.63, 3.8) is 0 Å². The Kier molecular flexibility index (Phi) is 5.10. The number of pyridine rings is 3. The van der Waals surface area contributed by atoms with Crippen molar-refractivity contribution in [2.24, 2.45) is 0 Å². The van der Waals surface area contributed by atoms with Crippen LogP contribution < -0.4 is 5.56 Å². The third kappa shape index (κ3) is 3.36. The van der Waals surface area contributed by atoms with Crippen molar-refractivity contribution >= 4 is 11.5 Å². The highest BCUT2D eigenvalue weighted by Gasteiger charge is 2.38. The Morgan fingerprint density at radius 3 is 2.70 bits per heavy atom. The van der Waals surface area contributed by atoms with Crippen LogP contribution >= 0.6 is 0 Å². The van der Waals surface area contributed by atoms with E-state index in [4.69, 9.17) is 0 Å². The van der Waals surface area contributed by atoms with Crippen LogP contribution in [0.2, 0.25) is 0 Å². The van der Waals surface area contributed by atoms with Crippen LogP contribution in [0.5, 0.6) is 0 Å². The fraction of sp³-hybridized carbons (Fsp3) is 0.304. The van der Waals surface area contributed by atoms with Gasteiger partial charge in [-0.25, -0.2) is 4.79 Å². The molecule has 0 amide bonds. The number of piperidine rings is 1. The smallest absolute Gasteiger partial charge is 0.341 e. The van der Waals surface area contributed by atoms with Crippen molar-refractivity contribution < 1.29 is 9.90 Å². The van der Waals surface area contributed by atoms with Gasteiger partial charge in [-0.15, -0.1) is 0 Å². The SMILES string of the molecule is Cc1cccnc1C1(C#N)CCN(Cc2cc(C(=O)O)c(=O)n3ccccc23)CC1. The number of carbonyl (C=O) groups is 1. The van der Waals surface area contributed by atoms with Crippen molar-refractivity contribution in [2.45, 2.75) is 31.7 Å². The molecule has 1 aliphatic heterocycles. The fourth-order valence-corrected chi connectivity index (χ4v) is 4.32. The molecule has 152 valence electrons. The number of carboxylic acids is 1. The Balaban J connectivity index is 1.62. The normalized spacial score (nSPS) is 16.3. The van der Waals surface area contributed by atoms with Crippen LogP contribution in [0, 0.1) is 18.3 Å². The molecule has 4 rings (SSSR count). The standard InChI is InChI=1S/C23H22N4O3/c1-16-5-4-9-25-20(16)23(15-24)7-11-26(12-8-23)14-17-13-18(22(29)30)21(28)27-10-3-2-6-19(17)27/h2-6,9-10,13H,7-8,11-12,14H2,1H3,(H,29,30). The van der Waals surface area contributed by atoms with Gasteiger partial charge in [0.2, 0.25) is 0 Å². The summed E-state index contributed by atoms with van der Waals surface area (Å²) in [5.74, 6) is -1.23. The van der Waals surface area contributed by atoms with Crippen molar-refractivity contribution in [2.75, 3.05) is 13.1 Å². The number of hydrogen-bond acceptors (Lipinski definition) is 5. The predicted molar refractivity (Wildman–Crippen MR) is 111 cm³/mol. The number of hydrogen-bond donors (Lipinski definition) is 1. The van der Waals surface area contributed by atoms with Gasteiger partial charge >= 0.3 is 5.97 Å². The van der Waals surface area contributed by atoms with Gasteiger partial charge in [0.25, 0.3) is 5.56 Å². The number of carboxylic acid groups (broad SMARTS) is 1. The molecule has 1 N–H and O–H groups in total. The van der Waals surface area contributed by atoms with Gasteiger partial charge < -0.3 is 5.11 Å². The van der Waals surface area contributed by atoms with Gasteiger partial charge in [-0.1, -0.05) is 12.1 Å².